The van der Waals surface area contributed by atoms with Crippen molar-refractivity contribution in [2.75, 3.05) is 6.54 Å². The smallest absolute Gasteiger partial charge is 0.220 e. The van der Waals surface area contributed by atoms with Crippen LogP contribution in [-0.4, -0.2) is 34.4 Å². The SMILES string of the molecule is CC(C)(O)CNC(=O)C[C@@H]1CCCC[C@H]1O. The summed E-state index contributed by atoms with van der Waals surface area (Å²) in [5.74, 6) is 0.0173. The summed E-state index contributed by atoms with van der Waals surface area (Å²) in [6, 6.07) is 0. The van der Waals surface area contributed by atoms with E-state index < -0.39 is 5.60 Å². The third-order valence-corrected chi connectivity index (χ3v) is 3.03. The molecule has 94 valence electrons. The van der Waals surface area contributed by atoms with E-state index in [0.29, 0.717) is 6.42 Å². The number of hydrogen-bond acceptors (Lipinski definition) is 3. The van der Waals surface area contributed by atoms with E-state index >= 15 is 0 Å². The first-order chi connectivity index (χ1) is 7.38. The molecule has 1 amide bonds. The topological polar surface area (TPSA) is 69.6 Å². The number of aliphatic hydroxyl groups excluding tert-OH is 1. The van der Waals surface area contributed by atoms with Crippen LogP contribution in [-0.2, 0) is 4.79 Å². The predicted molar refractivity (Wildman–Crippen MR) is 61.9 cm³/mol. The molecule has 1 fully saturated rings. The summed E-state index contributed by atoms with van der Waals surface area (Å²) < 4.78 is 0. The molecule has 4 nitrogen and oxygen atoms in total. The zero-order valence-corrected chi connectivity index (χ0v) is 10.2. The van der Waals surface area contributed by atoms with Crippen LogP contribution >= 0.6 is 0 Å². The minimum atomic E-state index is -0.874. The average Bonchev–Trinajstić information content (AvgIpc) is 2.18. The molecule has 0 aromatic carbocycles. The van der Waals surface area contributed by atoms with Crippen LogP contribution in [0, 0.1) is 5.92 Å². The first-order valence-corrected chi connectivity index (χ1v) is 6.05. The normalized spacial score (nSPS) is 26.5. The summed E-state index contributed by atoms with van der Waals surface area (Å²) in [5, 5.41) is 21.9. The molecule has 0 saturated heterocycles. The number of amides is 1. The minimum Gasteiger partial charge on any atom is -0.393 e. The Labute approximate surface area is 97.0 Å². The van der Waals surface area contributed by atoms with Gasteiger partial charge < -0.3 is 15.5 Å². The van der Waals surface area contributed by atoms with Crippen molar-refractivity contribution < 1.29 is 15.0 Å². The fourth-order valence-electron chi connectivity index (χ4n) is 2.05. The lowest BCUT2D eigenvalue weighted by atomic mass is 9.84. The van der Waals surface area contributed by atoms with E-state index in [9.17, 15) is 15.0 Å². The number of carbonyl (C=O) groups is 1. The Morgan fingerprint density at radius 1 is 1.38 bits per heavy atom. The van der Waals surface area contributed by atoms with Crippen molar-refractivity contribution >= 4 is 5.91 Å². The van der Waals surface area contributed by atoms with Gasteiger partial charge in [-0.05, 0) is 32.6 Å². The fraction of sp³-hybridized carbons (Fsp3) is 0.917. The number of nitrogens with one attached hydrogen (secondary N) is 1. The molecule has 1 rings (SSSR count). The second-order valence-corrected chi connectivity index (χ2v) is 5.41. The van der Waals surface area contributed by atoms with E-state index in [1.54, 1.807) is 13.8 Å². The molecule has 4 heteroatoms. The van der Waals surface area contributed by atoms with Crippen LogP contribution in [0.5, 0.6) is 0 Å². The van der Waals surface area contributed by atoms with Gasteiger partial charge in [0.05, 0.1) is 11.7 Å². The number of aliphatic hydroxyl groups is 2. The van der Waals surface area contributed by atoms with Crippen molar-refractivity contribution in [3.05, 3.63) is 0 Å². The summed E-state index contributed by atoms with van der Waals surface area (Å²) in [5.41, 5.74) is -0.874. The van der Waals surface area contributed by atoms with Gasteiger partial charge in [0.25, 0.3) is 0 Å². The van der Waals surface area contributed by atoms with Crippen molar-refractivity contribution in [3.8, 4) is 0 Å². The van der Waals surface area contributed by atoms with Crippen molar-refractivity contribution in [1.82, 2.24) is 5.32 Å². The molecule has 0 heterocycles. The fourth-order valence-corrected chi connectivity index (χ4v) is 2.05. The lowest BCUT2D eigenvalue weighted by molar-refractivity contribution is -0.124. The molecule has 0 bridgehead atoms. The van der Waals surface area contributed by atoms with E-state index in [0.717, 1.165) is 25.7 Å². The Bertz CT molecular complexity index is 235. The van der Waals surface area contributed by atoms with Gasteiger partial charge in [0, 0.05) is 13.0 Å². The van der Waals surface area contributed by atoms with Gasteiger partial charge in [-0.1, -0.05) is 12.8 Å². The zero-order chi connectivity index (χ0) is 12.2. The monoisotopic (exact) mass is 229 g/mol. The standard InChI is InChI=1S/C12H23NO3/c1-12(2,16)8-13-11(15)7-9-5-3-4-6-10(9)14/h9-10,14,16H,3-8H2,1-2H3,(H,13,15)/t9-,10+/m0/s1. The van der Waals surface area contributed by atoms with E-state index in [1.165, 1.54) is 0 Å². The van der Waals surface area contributed by atoms with Crippen LogP contribution in [0.1, 0.15) is 46.0 Å². The molecule has 0 aromatic rings. The van der Waals surface area contributed by atoms with Gasteiger partial charge in [0.2, 0.25) is 5.91 Å². The van der Waals surface area contributed by atoms with Crippen LogP contribution in [0.25, 0.3) is 0 Å². The third-order valence-electron chi connectivity index (χ3n) is 3.03. The Hall–Kier alpha value is -0.610. The molecule has 1 aliphatic carbocycles. The van der Waals surface area contributed by atoms with E-state index in [1.807, 2.05) is 0 Å². The maximum absolute atomic E-state index is 11.6. The predicted octanol–water partition coefficient (Wildman–Crippen LogP) is 0.815. The summed E-state index contributed by atoms with van der Waals surface area (Å²) in [6.07, 6.45) is 3.93. The van der Waals surface area contributed by atoms with Crippen molar-refractivity contribution in [2.24, 2.45) is 5.92 Å². The molecule has 0 spiro atoms. The molecule has 3 N–H and O–H groups in total. The highest BCUT2D eigenvalue weighted by molar-refractivity contribution is 5.76. The second-order valence-electron chi connectivity index (χ2n) is 5.41. The molecule has 0 radical (unpaired) electrons. The first-order valence-electron chi connectivity index (χ1n) is 6.05. The molecular weight excluding hydrogens is 206 g/mol. The van der Waals surface area contributed by atoms with Crippen LogP contribution in [0.2, 0.25) is 0 Å². The Balaban J connectivity index is 2.28. The molecule has 1 aliphatic rings. The van der Waals surface area contributed by atoms with E-state index in [-0.39, 0.29) is 24.5 Å². The highest BCUT2D eigenvalue weighted by Crippen LogP contribution is 2.26. The van der Waals surface area contributed by atoms with Gasteiger partial charge in [0.15, 0.2) is 0 Å². The number of rotatable bonds is 4. The highest BCUT2D eigenvalue weighted by Gasteiger charge is 2.25. The second kappa shape index (κ2) is 5.64. The largest absolute Gasteiger partial charge is 0.393 e. The van der Waals surface area contributed by atoms with Gasteiger partial charge in [-0.3, -0.25) is 4.79 Å². The van der Waals surface area contributed by atoms with E-state index in [4.69, 9.17) is 0 Å². The third kappa shape index (κ3) is 4.94. The van der Waals surface area contributed by atoms with Gasteiger partial charge >= 0.3 is 0 Å². The maximum atomic E-state index is 11.6. The molecule has 0 unspecified atom stereocenters. The van der Waals surface area contributed by atoms with Crippen LogP contribution in [0.15, 0.2) is 0 Å². The van der Waals surface area contributed by atoms with Crippen molar-refractivity contribution in [3.63, 3.8) is 0 Å². The minimum absolute atomic E-state index is 0.0759. The Kier molecular flexibility index (Phi) is 4.74. The summed E-state index contributed by atoms with van der Waals surface area (Å²) in [4.78, 5) is 11.6. The maximum Gasteiger partial charge on any atom is 0.220 e. The molecule has 16 heavy (non-hydrogen) atoms. The van der Waals surface area contributed by atoms with E-state index in [2.05, 4.69) is 5.32 Å². The van der Waals surface area contributed by atoms with Crippen LogP contribution < -0.4 is 5.32 Å². The molecule has 1 saturated carbocycles. The lowest BCUT2D eigenvalue weighted by Crippen LogP contribution is -2.40. The van der Waals surface area contributed by atoms with Crippen LogP contribution in [0.4, 0.5) is 0 Å². The zero-order valence-electron chi connectivity index (χ0n) is 10.2. The summed E-state index contributed by atoms with van der Waals surface area (Å²) in [6.45, 7) is 3.57. The number of carbonyl (C=O) groups excluding carboxylic acids is 1. The van der Waals surface area contributed by atoms with Crippen molar-refractivity contribution in [2.45, 2.75) is 57.7 Å². The quantitative estimate of drug-likeness (QED) is 0.668. The summed E-state index contributed by atoms with van der Waals surface area (Å²) >= 11 is 0. The lowest BCUT2D eigenvalue weighted by Gasteiger charge is -2.27. The van der Waals surface area contributed by atoms with Crippen LogP contribution in [0.3, 0.4) is 0 Å². The van der Waals surface area contributed by atoms with Crippen molar-refractivity contribution in [1.29, 1.82) is 0 Å². The Morgan fingerprint density at radius 2 is 2.00 bits per heavy atom. The van der Waals surface area contributed by atoms with Gasteiger partial charge in [-0.2, -0.15) is 0 Å². The first kappa shape index (κ1) is 13.5. The highest BCUT2D eigenvalue weighted by atomic mass is 16.3. The molecular formula is C12H23NO3. The van der Waals surface area contributed by atoms with Gasteiger partial charge in [-0.15, -0.1) is 0 Å². The molecule has 2 atom stereocenters. The Morgan fingerprint density at radius 3 is 2.56 bits per heavy atom. The number of hydrogen-bond donors (Lipinski definition) is 3. The van der Waals surface area contributed by atoms with Gasteiger partial charge in [-0.25, -0.2) is 0 Å². The van der Waals surface area contributed by atoms with Gasteiger partial charge in [0.1, 0.15) is 0 Å². The molecule has 0 aliphatic heterocycles. The average molecular weight is 229 g/mol. The summed E-state index contributed by atoms with van der Waals surface area (Å²) in [7, 11) is 0. The molecule has 0 aromatic heterocycles.